The quantitative estimate of drug-likeness (QED) is 0.882. The van der Waals surface area contributed by atoms with E-state index in [1.807, 2.05) is 0 Å². The second-order valence-electron chi connectivity index (χ2n) is 6.28. The lowest BCUT2D eigenvalue weighted by atomic mass is 10.0. The zero-order chi connectivity index (χ0) is 15.0. The molecule has 1 heterocycles. The highest BCUT2D eigenvalue weighted by Crippen LogP contribution is 2.42. The molecule has 1 aliphatic rings. The van der Waals surface area contributed by atoms with E-state index in [1.165, 1.54) is 36.2 Å². The molecule has 2 N–H and O–H groups in total. The van der Waals surface area contributed by atoms with Gasteiger partial charge in [-0.2, -0.15) is 0 Å². The van der Waals surface area contributed by atoms with Crippen molar-refractivity contribution < 1.29 is 0 Å². The predicted octanol–water partition coefficient (Wildman–Crippen LogP) is 4.43. The van der Waals surface area contributed by atoms with Gasteiger partial charge in [-0.15, -0.1) is 0 Å². The molecule has 0 spiro atoms. The molecule has 0 bridgehead atoms. The minimum atomic E-state index is 0.629. The molecule has 0 atom stereocenters. The fraction of sp³-hybridized carbons (Fsp3) is 0.500. The van der Waals surface area contributed by atoms with E-state index in [-0.39, 0.29) is 0 Å². The van der Waals surface area contributed by atoms with E-state index in [4.69, 9.17) is 10.7 Å². The maximum atomic E-state index is 6.43. The first kappa shape index (κ1) is 14.2. The second kappa shape index (κ2) is 5.55. The van der Waals surface area contributed by atoms with E-state index in [0.717, 1.165) is 30.0 Å². The Morgan fingerprint density at radius 3 is 2.62 bits per heavy atom. The first-order chi connectivity index (χ1) is 10.1. The Morgan fingerprint density at radius 1 is 1.24 bits per heavy atom. The topological polar surface area (TPSA) is 43.8 Å². The van der Waals surface area contributed by atoms with Crippen LogP contribution in [0.25, 0.3) is 11.3 Å². The molecule has 1 saturated carbocycles. The third-order valence-electron chi connectivity index (χ3n) is 4.49. The Morgan fingerprint density at radius 2 is 2.00 bits per heavy atom. The number of imidazole rings is 1. The van der Waals surface area contributed by atoms with Gasteiger partial charge in [-0.05, 0) is 50.3 Å². The summed E-state index contributed by atoms with van der Waals surface area (Å²) in [6.07, 6.45) is 4.86. The summed E-state index contributed by atoms with van der Waals surface area (Å²) in [5.74, 6) is 2.67. The van der Waals surface area contributed by atoms with Gasteiger partial charge < -0.3 is 10.3 Å². The van der Waals surface area contributed by atoms with Crippen molar-refractivity contribution in [2.24, 2.45) is 0 Å². The van der Waals surface area contributed by atoms with Crippen molar-refractivity contribution in [1.29, 1.82) is 0 Å². The Kier molecular flexibility index (Phi) is 3.75. The summed E-state index contributed by atoms with van der Waals surface area (Å²) in [4.78, 5) is 4.90. The normalized spacial score (nSPS) is 14.6. The van der Waals surface area contributed by atoms with Crippen molar-refractivity contribution in [2.75, 3.05) is 5.73 Å². The fourth-order valence-corrected chi connectivity index (χ4v) is 2.79. The highest BCUT2D eigenvalue weighted by atomic mass is 15.1. The molecule has 21 heavy (non-hydrogen) atoms. The highest BCUT2D eigenvalue weighted by Gasteiger charge is 2.30. The number of hydrogen-bond donors (Lipinski definition) is 1. The summed E-state index contributed by atoms with van der Waals surface area (Å²) in [5, 5.41) is 0. The van der Waals surface area contributed by atoms with E-state index < -0.39 is 0 Å². The molecule has 1 aromatic heterocycles. The Labute approximate surface area is 127 Å². The molecule has 112 valence electrons. The van der Waals surface area contributed by atoms with Crippen molar-refractivity contribution in [1.82, 2.24) is 9.55 Å². The number of anilines is 1. The molecule has 3 rings (SSSR count). The molecule has 1 aromatic carbocycles. The van der Waals surface area contributed by atoms with Crippen molar-refractivity contribution in [3.05, 3.63) is 35.2 Å². The van der Waals surface area contributed by atoms with Crippen molar-refractivity contribution in [2.45, 2.75) is 58.9 Å². The summed E-state index contributed by atoms with van der Waals surface area (Å²) in [6.45, 7) is 7.49. The first-order valence-electron chi connectivity index (χ1n) is 8.05. The molecule has 0 aliphatic heterocycles. The number of rotatable bonds is 5. The molecule has 0 radical (unpaired) electrons. The SMILES string of the molecule is CCCCn1c(C2CC2)nc(-c2ccc(C)c(C)c2)c1N. The molecule has 0 unspecified atom stereocenters. The Bertz CT molecular complexity index is 651. The van der Waals surface area contributed by atoms with Gasteiger partial charge in [0.15, 0.2) is 0 Å². The summed E-state index contributed by atoms with van der Waals surface area (Å²) >= 11 is 0. The van der Waals surface area contributed by atoms with Crippen LogP contribution in [0.4, 0.5) is 5.82 Å². The van der Waals surface area contributed by atoms with Crippen LogP contribution in [-0.4, -0.2) is 9.55 Å². The van der Waals surface area contributed by atoms with Gasteiger partial charge in [0.1, 0.15) is 17.3 Å². The maximum absolute atomic E-state index is 6.43. The molecule has 1 aliphatic carbocycles. The van der Waals surface area contributed by atoms with E-state index in [9.17, 15) is 0 Å². The van der Waals surface area contributed by atoms with Gasteiger partial charge in [-0.25, -0.2) is 4.98 Å². The van der Waals surface area contributed by atoms with Crippen molar-refractivity contribution in [3.8, 4) is 11.3 Å². The van der Waals surface area contributed by atoms with Gasteiger partial charge >= 0.3 is 0 Å². The number of aryl methyl sites for hydroxylation is 2. The number of nitrogen functional groups attached to an aromatic ring is 1. The van der Waals surface area contributed by atoms with Gasteiger partial charge in [0.05, 0.1) is 0 Å². The minimum Gasteiger partial charge on any atom is -0.383 e. The van der Waals surface area contributed by atoms with Crippen LogP contribution in [-0.2, 0) is 6.54 Å². The number of benzene rings is 1. The second-order valence-corrected chi connectivity index (χ2v) is 6.28. The molecule has 2 aromatic rings. The lowest BCUT2D eigenvalue weighted by Gasteiger charge is -2.08. The van der Waals surface area contributed by atoms with Crippen LogP contribution in [0.2, 0.25) is 0 Å². The number of nitrogens with zero attached hydrogens (tertiary/aromatic N) is 2. The van der Waals surface area contributed by atoms with Crippen LogP contribution in [0.1, 0.15) is 55.5 Å². The van der Waals surface area contributed by atoms with Gasteiger partial charge in [-0.3, -0.25) is 0 Å². The molecule has 3 nitrogen and oxygen atoms in total. The Hall–Kier alpha value is -1.77. The number of aromatic nitrogens is 2. The van der Waals surface area contributed by atoms with Gasteiger partial charge in [-0.1, -0.05) is 25.5 Å². The molecule has 0 saturated heterocycles. The lowest BCUT2D eigenvalue weighted by Crippen LogP contribution is -2.06. The van der Waals surface area contributed by atoms with Crippen LogP contribution in [0.15, 0.2) is 18.2 Å². The summed E-state index contributed by atoms with van der Waals surface area (Å²) in [6, 6.07) is 6.50. The van der Waals surface area contributed by atoms with Crippen molar-refractivity contribution >= 4 is 5.82 Å². The fourth-order valence-electron chi connectivity index (χ4n) is 2.79. The summed E-state index contributed by atoms with van der Waals surface area (Å²) < 4.78 is 2.26. The highest BCUT2D eigenvalue weighted by molar-refractivity contribution is 5.72. The third-order valence-corrected chi connectivity index (χ3v) is 4.49. The van der Waals surface area contributed by atoms with Crippen LogP contribution < -0.4 is 5.73 Å². The van der Waals surface area contributed by atoms with Gasteiger partial charge in [0, 0.05) is 18.0 Å². The van der Waals surface area contributed by atoms with Gasteiger partial charge in [0.2, 0.25) is 0 Å². The predicted molar refractivity (Wildman–Crippen MR) is 88.4 cm³/mol. The van der Waals surface area contributed by atoms with E-state index >= 15 is 0 Å². The smallest absolute Gasteiger partial charge is 0.131 e. The average molecular weight is 283 g/mol. The zero-order valence-corrected chi connectivity index (χ0v) is 13.3. The first-order valence-corrected chi connectivity index (χ1v) is 8.05. The maximum Gasteiger partial charge on any atom is 0.131 e. The third kappa shape index (κ3) is 2.69. The zero-order valence-electron chi connectivity index (χ0n) is 13.3. The van der Waals surface area contributed by atoms with Crippen LogP contribution in [0, 0.1) is 13.8 Å². The molecule has 0 amide bonds. The summed E-state index contributed by atoms with van der Waals surface area (Å²) in [5.41, 5.74) is 11.2. The van der Waals surface area contributed by atoms with Gasteiger partial charge in [0.25, 0.3) is 0 Å². The van der Waals surface area contributed by atoms with E-state index in [1.54, 1.807) is 0 Å². The molecule has 3 heteroatoms. The number of nitrogens with two attached hydrogens (primary N) is 1. The van der Waals surface area contributed by atoms with E-state index in [2.05, 4.69) is 43.5 Å². The van der Waals surface area contributed by atoms with Crippen molar-refractivity contribution in [3.63, 3.8) is 0 Å². The number of hydrogen-bond acceptors (Lipinski definition) is 2. The monoisotopic (exact) mass is 283 g/mol. The van der Waals surface area contributed by atoms with Crippen LogP contribution in [0.5, 0.6) is 0 Å². The summed E-state index contributed by atoms with van der Waals surface area (Å²) in [7, 11) is 0. The average Bonchev–Trinajstić information content (AvgIpc) is 3.25. The van der Waals surface area contributed by atoms with Crippen LogP contribution >= 0.6 is 0 Å². The molecule has 1 fully saturated rings. The van der Waals surface area contributed by atoms with E-state index in [0.29, 0.717) is 5.92 Å². The molecular weight excluding hydrogens is 258 g/mol. The minimum absolute atomic E-state index is 0.629. The standard InChI is InChI=1S/C18H25N3/c1-4-5-10-21-17(19)16(20-18(21)14-8-9-14)15-7-6-12(2)13(3)11-15/h6-7,11,14H,4-5,8-10,19H2,1-3H3. The Balaban J connectivity index is 2.03. The number of unbranched alkanes of at least 4 members (excludes halogenated alkanes) is 1. The lowest BCUT2D eigenvalue weighted by molar-refractivity contribution is 0.609. The van der Waals surface area contributed by atoms with Crippen LogP contribution in [0.3, 0.4) is 0 Å². The largest absolute Gasteiger partial charge is 0.383 e. The molecular formula is C18H25N3.